The van der Waals surface area contributed by atoms with Crippen molar-refractivity contribution in [1.29, 1.82) is 0 Å². The maximum absolute atomic E-state index is 11.6. The Kier molecular flexibility index (Phi) is 11.4. The van der Waals surface area contributed by atoms with Crippen molar-refractivity contribution in [2.75, 3.05) is 13.2 Å². The normalized spacial score (nSPS) is 15.0. The van der Waals surface area contributed by atoms with Crippen LogP contribution in [0.2, 0.25) is 5.04 Å². The van der Waals surface area contributed by atoms with Gasteiger partial charge in [0.2, 0.25) is 0 Å². The molecule has 1 aliphatic rings. The molecule has 0 aromatic heterocycles. The number of hydrogen-bond acceptors (Lipinski definition) is 6. The van der Waals surface area contributed by atoms with Gasteiger partial charge in [0.15, 0.2) is 0 Å². The summed E-state index contributed by atoms with van der Waals surface area (Å²) in [4.78, 5) is 23.2. The van der Waals surface area contributed by atoms with E-state index in [1.165, 1.54) is 56.3 Å². The zero-order valence-electron chi connectivity index (χ0n) is 27.0. The summed E-state index contributed by atoms with van der Waals surface area (Å²) in [5, 5.41) is 2.56. The highest BCUT2D eigenvalue weighted by Crippen LogP contribution is 2.44. The number of ether oxygens (including phenoxy) is 3. The largest absolute Gasteiger partial charge is 0.494 e. The van der Waals surface area contributed by atoms with Crippen molar-refractivity contribution in [3.05, 3.63) is 90.5 Å². The summed E-state index contributed by atoms with van der Waals surface area (Å²) in [6, 6.07) is 28.9. The first-order valence-electron chi connectivity index (χ1n) is 15.9. The molecule has 0 heterocycles. The summed E-state index contributed by atoms with van der Waals surface area (Å²) < 4.78 is 24.0. The minimum atomic E-state index is -2.59. The zero-order chi connectivity index (χ0) is 31.6. The molecule has 0 aliphatic heterocycles. The monoisotopic (exact) mass is 616 g/mol. The number of carbonyl (C=O) groups is 2. The van der Waals surface area contributed by atoms with Gasteiger partial charge in [-0.05, 0) is 58.6 Å². The van der Waals surface area contributed by atoms with Crippen LogP contribution in [0.25, 0.3) is 0 Å². The molecule has 6 nitrogen and oxygen atoms in total. The van der Waals surface area contributed by atoms with Crippen molar-refractivity contribution in [2.24, 2.45) is 5.41 Å². The molecule has 0 atom stereocenters. The molecule has 236 valence electrons. The lowest BCUT2D eigenvalue weighted by atomic mass is 9.70. The van der Waals surface area contributed by atoms with Crippen LogP contribution in [0.15, 0.2) is 84.9 Å². The third-order valence-electron chi connectivity index (χ3n) is 8.86. The van der Waals surface area contributed by atoms with Gasteiger partial charge in [-0.1, -0.05) is 113 Å². The summed E-state index contributed by atoms with van der Waals surface area (Å²) in [7, 11) is -2.59. The molecule has 0 bridgehead atoms. The summed E-state index contributed by atoms with van der Waals surface area (Å²) in [6.07, 6.45) is 6.87. The fourth-order valence-corrected chi connectivity index (χ4v) is 11.3. The second kappa shape index (κ2) is 15.0. The van der Waals surface area contributed by atoms with E-state index >= 15 is 0 Å². The Morgan fingerprint density at radius 2 is 1.30 bits per heavy atom. The van der Waals surface area contributed by atoms with Crippen molar-refractivity contribution in [3.63, 3.8) is 0 Å². The van der Waals surface area contributed by atoms with Crippen molar-refractivity contribution >= 4 is 30.6 Å². The maximum Gasteiger partial charge on any atom is 0.305 e. The number of carbonyl (C=O) groups excluding carboxylic acids is 2. The highest BCUT2D eigenvalue weighted by atomic mass is 28.4. The maximum atomic E-state index is 11.6. The Morgan fingerprint density at radius 3 is 1.82 bits per heavy atom. The van der Waals surface area contributed by atoms with Gasteiger partial charge in [-0.3, -0.25) is 9.59 Å². The van der Waals surface area contributed by atoms with Crippen LogP contribution in [-0.4, -0.2) is 33.5 Å². The molecular formula is C37H48O6Si. The Bertz CT molecular complexity index is 1290. The highest BCUT2D eigenvalue weighted by molar-refractivity contribution is 6.99. The molecule has 1 saturated carbocycles. The molecule has 0 spiro atoms. The lowest BCUT2D eigenvalue weighted by Crippen LogP contribution is -2.66. The van der Waals surface area contributed by atoms with E-state index in [1.54, 1.807) is 12.1 Å². The van der Waals surface area contributed by atoms with E-state index < -0.39 is 26.5 Å². The van der Waals surface area contributed by atoms with Gasteiger partial charge >= 0.3 is 11.9 Å². The molecule has 3 aromatic carbocycles. The van der Waals surface area contributed by atoms with Gasteiger partial charge in [0.05, 0.1) is 6.61 Å². The minimum Gasteiger partial charge on any atom is -0.494 e. The van der Waals surface area contributed by atoms with E-state index in [4.69, 9.17) is 18.6 Å². The average molecular weight is 617 g/mol. The van der Waals surface area contributed by atoms with Crippen LogP contribution in [-0.2, 0) is 23.5 Å². The topological polar surface area (TPSA) is 71.1 Å². The molecule has 0 amide bonds. The second-order valence-electron chi connectivity index (χ2n) is 13.0. The molecule has 1 fully saturated rings. The molecule has 44 heavy (non-hydrogen) atoms. The third kappa shape index (κ3) is 8.39. The smallest absolute Gasteiger partial charge is 0.305 e. The molecule has 0 saturated heterocycles. The fourth-order valence-electron chi connectivity index (χ4n) is 6.71. The predicted molar refractivity (Wildman–Crippen MR) is 177 cm³/mol. The van der Waals surface area contributed by atoms with Crippen LogP contribution in [0.4, 0.5) is 0 Å². The second-order valence-corrected chi connectivity index (χ2v) is 17.3. The Balaban J connectivity index is 1.49. The number of hydrogen-bond donors (Lipinski definition) is 0. The standard InChI is InChI=1S/C37H48O6Si/c1-29(38)42-35(43-30(2)39)31-16-15-17-32(28-31)40-26-24-37(22-13-8-14-23-37)25-27-41-44(36(3,4)5,33-18-9-6-10-19-33)34-20-11-7-12-21-34/h6-7,9-12,15-21,28,35H,8,13-14,22-27H2,1-5H3. The number of benzene rings is 3. The molecule has 0 unspecified atom stereocenters. The van der Waals surface area contributed by atoms with Crippen LogP contribution in [0.1, 0.15) is 91.4 Å². The Hall–Kier alpha value is -3.42. The van der Waals surface area contributed by atoms with Gasteiger partial charge in [0, 0.05) is 26.0 Å². The average Bonchev–Trinajstić information content (AvgIpc) is 2.99. The van der Waals surface area contributed by atoms with E-state index in [1.807, 2.05) is 12.1 Å². The minimum absolute atomic E-state index is 0.0559. The van der Waals surface area contributed by atoms with Gasteiger partial charge in [-0.2, -0.15) is 0 Å². The Labute approximate surface area is 264 Å². The van der Waals surface area contributed by atoms with Gasteiger partial charge < -0.3 is 18.6 Å². The van der Waals surface area contributed by atoms with Gasteiger partial charge in [0.1, 0.15) is 5.75 Å². The number of rotatable bonds is 13. The van der Waals surface area contributed by atoms with Crippen LogP contribution in [0, 0.1) is 5.41 Å². The van der Waals surface area contributed by atoms with Crippen LogP contribution >= 0.6 is 0 Å². The van der Waals surface area contributed by atoms with Crippen LogP contribution in [0.5, 0.6) is 5.75 Å². The molecule has 4 rings (SSSR count). The molecule has 0 N–H and O–H groups in total. The lowest BCUT2D eigenvalue weighted by molar-refractivity contribution is -0.186. The van der Waals surface area contributed by atoms with E-state index in [-0.39, 0.29) is 10.5 Å². The summed E-state index contributed by atoms with van der Waals surface area (Å²) in [5.41, 5.74) is 0.707. The van der Waals surface area contributed by atoms with E-state index in [0.29, 0.717) is 24.5 Å². The molecule has 7 heteroatoms. The lowest BCUT2D eigenvalue weighted by Gasteiger charge is -2.44. The first-order chi connectivity index (χ1) is 21.0. The van der Waals surface area contributed by atoms with Crippen molar-refractivity contribution < 1.29 is 28.2 Å². The fraction of sp³-hybridized carbons (Fsp3) is 0.459. The Morgan fingerprint density at radius 1 is 0.750 bits per heavy atom. The quantitative estimate of drug-likeness (QED) is 0.113. The predicted octanol–water partition coefficient (Wildman–Crippen LogP) is 7.50. The van der Waals surface area contributed by atoms with Crippen LogP contribution < -0.4 is 15.1 Å². The zero-order valence-corrected chi connectivity index (χ0v) is 28.0. The van der Waals surface area contributed by atoms with Gasteiger partial charge in [-0.15, -0.1) is 0 Å². The van der Waals surface area contributed by atoms with E-state index in [9.17, 15) is 9.59 Å². The van der Waals surface area contributed by atoms with Crippen molar-refractivity contribution in [1.82, 2.24) is 0 Å². The van der Waals surface area contributed by atoms with Crippen molar-refractivity contribution in [3.8, 4) is 5.75 Å². The first kappa shape index (κ1) is 33.5. The number of esters is 2. The van der Waals surface area contributed by atoms with Crippen molar-refractivity contribution in [2.45, 2.75) is 90.9 Å². The summed E-state index contributed by atoms with van der Waals surface area (Å²) >= 11 is 0. The van der Waals surface area contributed by atoms with Gasteiger partial charge in [0.25, 0.3) is 14.6 Å². The van der Waals surface area contributed by atoms with Crippen LogP contribution in [0.3, 0.4) is 0 Å². The summed E-state index contributed by atoms with van der Waals surface area (Å²) in [6.45, 7) is 10.8. The molecule has 1 aliphatic carbocycles. The third-order valence-corrected chi connectivity index (χ3v) is 13.9. The first-order valence-corrected chi connectivity index (χ1v) is 17.8. The summed E-state index contributed by atoms with van der Waals surface area (Å²) in [5.74, 6) is -0.398. The molecular weight excluding hydrogens is 568 g/mol. The molecule has 0 radical (unpaired) electrons. The van der Waals surface area contributed by atoms with Gasteiger partial charge in [-0.25, -0.2) is 0 Å². The highest BCUT2D eigenvalue weighted by Gasteiger charge is 2.50. The van der Waals surface area contributed by atoms with E-state index in [0.717, 1.165) is 12.8 Å². The van der Waals surface area contributed by atoms with E-state index in [2.05, 4.69) is 81.4 Å². The SMILES string of the molecule is CC(=O)OC(OC(C)=O)c1cccc(OCCC2(CCO[Si](c3ccccc3)(c3ccccc3)C(C)(C)C)CCCCC2)c1. The molecule has 3 aromatic rings.